The minimum Gasteiger partial charge on any atom is -0.316 e. The Kier molecular flexibility index (Phi) is 4.55. The topological polar surface area (TPSA) is 15.3 Å². The molecule has 1 N–H and O–H groups in total. The van der Waals surface area contributed by atoms with Crippen LogP contribution in [0.4, 0.5) is 8.78 Å². The highest BCUT2D eigenvalue weighted by atomic mass is 19.3. The summed E-state index contributed by atoms with van der Waals surface area (Å²) < 4.78 is 25.6. The van der Waals surface area contributed by atoms with Gasteiger partial charge in [-0.3, -0.25) is 4.90 Å². The fourth-order valence-corrected chi connectivity index (χ4v) is 3.91. The third kappa shape index (κ3) is 3.61. The van der Waals surface area contributed by atoms with Gasteiger partial charge in [-0.15, -0.1) is 0 Å². The quantitative estimate of drug-likeness (QED) is 0.916. The molecule has 1 spiro atoms. The zero-order chi connectivity index (χ0) is 14.7. The summed E-state index contributed by atoms with van der Waals surface area (Å²) in [6.07, 6.45) is 2.70. The maximum atomic E-state index is 12.8. The molecule has 0 aliphatic carbocycles. The molecule has 0 amide bonds. The van der Waals surface area contributed by atoms with E-state index in [-0.39, 0.29) is 5.56 Å². The van der Waals surface area contributed by atoms with Gasteiger partial charge < -0.3 is 5.32 Å². The highest BCUT2D eigenvalue weighted by Gasteiger charge is 2.36. The number of nitrogens with zero attached hydrogens (tertiary/aromatic N) is 1. The average molecular weight is 294 g/mol. The van der Waals surface area contributed by atoms with Gasteiger partial charge in [-0.2, -0.15) is 0 Å². The van der Waals surface area contributed by atoms with Gasteiger partial charge in [0.1, 0.15) is 0 Å². The molecule has 2 nitrogen and oxygen atoms in total. The summed E-state index contributed by atoms with van der Waals surface area (Å²) in [5.74, 6) is 0. The van der Waals surface area contributed by atoms with Gasteiger partial charge in [0.2, 0.25) is 0 Å². The van der Waals surface area contributed by atoms with Crippen LogP contribution in [0.15, 0.2) is 24.3 Å². The normalized spacial score (nSPS) is 27.4. The van der Waals surface area contributed by atoms with Gasteiger partial charge in [-0.05, 0) is 55.8 Å². The maximum absolute atomic E-state index is 12.8. The molecule has 2 heterocycles. The minimum atomic E-state index is -2.37. The molecule has 1 aromatic rings. The average Bonchev–Trinajstić information content (AvgIpc) is 2.48. The van der Waals surface area contributed by atoms with E-state index in [1.165, 1.54) is 31.7 Å². The summed E-state index contributed by atoms with van der Waals surface area (Å²) in [5.41, 5.74) is 1.56. The summed E-state index contributed by atoms with van der Waals surface area (Å²) in [6.45, 7) is 5.22. The lowest BCUT2D eigenvalue weighted by Gasteiger charge is -2.45. The van der Waals surface area contributed by atoms with Crippen LogP contribution in [0.3, 0.4) is 0 Å². The molecule has 116 valence electrons. The fourth-order valence-electron chi connectivity index (χ4n) is 3.91. The first-order valence-corrected chi connectivity index (χ1v) is 7.97. The van der Waals surface area contributed by atoms with Gasteiger partial charge in [0.25, 0.3) is 6.43 Å². The van der Waals surface area contributed by atoms with Crippen molar-refractivity contribution in [2.24, 2.45) is 5.41 Å². The Hall–Kier alpha value is -1.00. The summed E-state index contributed by atoms with van der Waals surface area (Å²) >= 11 is 0. The van der Waals surface area contributed by atoms with Crippen molar-refractivity contribution in [2.75, 3.05) is 26.2 Å². The lowest BCUT2D eigenvalue weighted by atomic mass is 9.74. The van der Waals surface area contributed by atoms with Crippen molar-refractivity contribution in [1.29, 1.82) is 0 Å². The highest BCUT2D eigenvalue weighted by Crippen LogP contribution is 2.36. The smallest absolute Gasteiger partial charge is 0.263 e. The standard InChI is InChI=1S/C17H24F2N2/c18-16(19)15-5-1-4-14(10-15)11-21-9-3-7-17(13-21)6-2-8-20-12-17/h1,4-5,10,16,20H,2-3,6-9,11-13H2. The van der Waals surface area contributed by atoms with E-state index in [1.807, 2.05) is 6.07 Å². The Morgan fingerprint density at radius 2 is 2.10 bits per heavy atom. The first kappa shape index (κ1) is 14.9. The monoisotopic (exact) mass is 294 g/mol. The molecule has 2 fully saturated rings. The summed E-state index contributed by atoms with van der Waals surface area (Å²) in [4.78, 5) is 2.45. The molecular weight excluding hydrogens is 270 g/mol. The number of rotatable bonds is 3. The summed E-state index contributed by atoms with van der Waals surface area (Å²) in [7, 11) is 0. The van der Waals surface area contributed by atoms with Crippen molar-refractivity contribution in [3.8, 4) is 0 Å². The Morgan fingerprint density at radius 3 is 2.86 bits per heavy atom. The molecule has 0 bridgehead atoms. The van der Waals surface area contributed by atoms with E-state index in [0.717, 1.165) is 38.3 Å². The second-order valence-electron chi connectivity index (χ2n) is 6.64. The largest absolute Gasteiger partial charge is 0.316 e. The van der Waals surface area contributed by atoms with Crippen LogP contribution in [0.2, 0.25) is 0 Å². The molecule has 0 saturated carbocycles. The van der Waals surface area contributed by atoms with E-state index in [0.29, 0.717) is 5.41 Å². The van der Waals surface area contributed by atoms with E-state index in [4.69, 9.17) is 0 Å². The number of hydrogen-bond acceptors (Lipinski definition) is 2. The van der Waals surface area contributed by atoms with E-state index in [1.54, 1.807) is 12.1 Å². The van der Waals surface area contributed by atoms with Crippen LogP contribution in [0, 0.1) is 5.41 Å². The first-order chi connectivity index (χ1) is 10.2. The fraction of sp³-hybridized carbons (Fsp3) is 0.647. The Morgan fingerprint density at radius 1 is 1.24 bits per heavy atom. The third-order valence-corrected chi connectivity index (χ3v) is 4.91. The van der Waals surface area contributed by atoms with Crippen molar-refractivity contribution in [2.45, 2.75) is 38.7 Å². The molecule has 2 aliphatic heterocycles. The molecule has 3 rings (SSSR count). The minimum absolute atomic E-state index is 0.138. The number of halogens is 2. The van der Waals surface area contributed by atoms with E-state index >= 15 is 0 Å². The number of benzene rings is 1. The first-order valence-electron chi connectivity index (χ1n) is 7.97. The second kappa shape index (κ2) is 6.41. The van der Waals surface area contributed by atoms with E-state index in [2.05, 4.69) is 10.2 Å². The van der Waals surface area contributed by atoms with Gasteiger partial charge >= 0.3 is 0 Å². The molecule has 1 atom stereocenters. The number of nitrogens with one attached hydrogen (secondary N) is 1. The number of piperidine rings is 2. The SMILES string of the molecule is FC(F)c1cccc(CN2CCCC3(CCCNC3)C2)c1. The molecular formula is C17H24F2N2. The number of likely N-dealkylation sites (tertiary alicyclic amines) is 1. The molecule has 21 heavy (non-hydrogen) atoms. The van der Waals surface area contributed by atoms with Gasteiger partial charge in [0, 0.05) is 25.2 Å². The lowest BCUT2D eigenvalue weighted by molar-refractivity contribution is 0.0600. The zero-order valence-electron chi connectivity index (χ0n) is 12.5. The van der Waals surface area contributed by atoms with Crippen LogP contribution in [0.5, 0.6) is 0 Å². The Bertz CT molecular complexity index is 464. The highest BCUT2D eigenvalue weighted by molar-refractivity contribution is 5.24. The molecule has 2 aliphatic rings. The van der Waals surface area contributed by atoms with E-state index in [9.17, 15) is 8.78 Å². The predicted molar refractivity (Wildman–Crippen MR) is 80.4 cm³/mol. The van der Waals surface area contributed by atoms with Gasteiger partial charge in [0.05, 0.1) is 0 Å². The van der Waals surface area contributed by atoms with Crippen LogP contribution in [-0.4, -0.2) is 31.1 Å². The van der Waals surface area contributed by atoms with Gasteiger partial charge in [0.15, 0.2) is 0 Å². The summed E-state index contributed by atoms with van der Waals surface area (Å²) in [5, 5.41) is 3.53. The third-order valence-electron chi connectivity index (χ3n) is 4.91. The van der Waals surface area contributed by atoms with Crippen molar-refractivity contribution in [3.63, 3.8) is 0 Å². The van der Waals surface area contributed by atoms with Gasteiger partial charge in [-0.25, -0.2) is 8.78 Å². The Balaban J connectivity index is 1.65. The number of alkyl halides is 2. The Labute approximate surface area is 125 Å². The second-order valence-corrected chi connectivity index (χ2v) is 6.64. The van der Waals surface area contributed by atoms with Crippen LogP contribution in [-0.2, 0) is 6.54 Å². The van der Waals surface area contributed by atoms with Crippen LogP contribution >= 0.6 is 0 Å². The van der Waals surface area contributed by atoms with Crippen molar-refractivity contribution < 1.29 is 8.78 Å². The number of hydrogen-bond donors (Lipinski definition) is 1. The van der Waals surface area contributed by atoms with Crippen LogP contribution in [0.1, 0.15) is 43.2 Å². The van der Waals surface area contributed by atoms with E-state index < -0.39 is 6.43 Å². The molecule has 1 unspecified atom stereocenters. The molecule has 4 heteroatoms. The molecule has 0 aromatic heterocycles. The maximum Gasteiger partial charge on any atom is 0.263 e. The van der Waals surface area contributed by atoms with Crippen LogP contribution in [0.25, 0.3) is 0 Å². The molecule has 2 saturated heterocycles. The zero-order valence-corrected chi connectivity index (χ0v) is 12.5. The van der Waals surface area contributed by atoms with Crippen molar-refractivity contribution in [3.05, 3.63) is 35.4 Å². The molecule has 0 radical (unpaired) electrons. The van der Waals surface area contributed by atoms with Crippen molar-refractivity contribution >= 4 is 0 Å². The van der Waals surface area contributed by atoms with Crippen LogP contribution < -0.4 is 5.32 Å². The lowest BCUT2D eigenvalue weighted by Crippen LogP contribution is -2.50. The molecule has 1 aromatic carbocycles. The van der Waals surface area contributed by atoms with Crippen molar-refractivity contribution in [1.82, 2.24) is 10.2 Å². The summed E-state index contributed by atoms with van der Waals surface area (Å²) in [6, 6.07) is 6.88. The predicted octanol–water partition coefficient (Wildman–Crippen LogP) is 3.59. The van der Waals surface area contributed by atoms with Gasteiger partial charge in [-0.1, -0.05) is 18.2 Å².